The molecule has 0 radical (unpaired) electrons. The molecule has 0 fully saturated rings. The molecule has 90 valence electrons. The van der Waals surface area contributed by atoms with Crippen LogP contribution in [0.4, 0.5) is 0 Å². The molecule has 0 aliphatic carbocycles. The van der Waals surface area contributed by atoms with Gasteiger partial charge in [-0.15, -0.1) is 0 Å². The van der Waals surface area contributed by atoms with Crippen LogP contribution in [0.3, 0.4) is 0 Å². The maximum Gasteiger partial charge on any atom is 0.306 e. The van der Waals surface area contributed by atoms with Gasteiger partial charge in [0.15, 0.2) is 11.5 Å². The quantitative estimate of drug-likeness (QED) is 0.551. The molecule has 2 amide bonds. The molecule has 1 heterocycles. The number of phenolic OH excluding ortho intramolecular Hbond substituents is 1. The Bertz CT molecular complexity index is 633. The lowest BCUT2D eigenvalue weighted by atomic mass is 10.1. The molecule has 1 aromatic rings. The van der Waals surface area contributed by atoms with Gasteiger partial charge < -0.3 is 9.29 Å². The van der Waals surface area contributed by atoms with Gasteiger partial charge in [0.05, 0.1) is 17.4 Å². The van der Waals surface area contributed by atoms with Gasteiger partial charge in [-0.2, -0.15) is 8.42 Å². The summed E-state index contributed by atoms with van der Waals surface area (Å²) in [5, 5.41) is 11.6. The fraction of sp³-hybridized carbons (Fsp3) is 0.111. The molecule has 0 bridgehead atoms. The smallest absolute Gasteiger partial charge is 0.306 e. The van der Waals surface area contributed by atoms with E-state index in [2.05, 4.69) is 4.18 Å². The van der Waals surface area contributed by atoms with Crippen molar-refractivity contribution >= 4 is 21.9 Å². The number of hydrogen-bond acceptors (Lipinski definition) is 6. The number of imide groups is 1. The lowest BCUT2D eigenvalue weighted by Gasteiger charge is -2.06. The van der Waals surface area contributed by atoms with E-state index >= 15 is 0 Å². The summed E-state index contributed by atoms with van der Waals surface area (Å²) in [5.41, 5.74) is -0.301. The van der Waals surface area contributed by atoms with Gasteiger partial charge in [-0.1, -0.05) is 0 Å². The Morgan fingerprint density at radius 3 is 2.47 bits per heavy atom. The van der Waals surface area contributed by atoms with Crippen molar-refractivity contribution in [2.24, 2.45) is 0 Å². The molecule has 0 saturated carbocycles. The number of rotatable bonds is 2. The Morgan fingerprint density at radius 1 is 1.24 bits per heavy atom. The van der Waals surface area contributed by atoms with Gasteiger partial charge in [-0.25, -0.2) is 0 Å². The minimum Gasteiger partial charge on any atom is -0.504 e. The molecule has 0 saturated heterocycles. The third-order valence-corrected chi connectivity index (χ3v) is 2.56. The van der Waals surface area contributed by atoms with Gasteiger partial charge in [0.1, 0.15) is 0 Å². The van der Waals surface area contributed by atoms with Gasteiger partial charge in [0, 0.05) is 0 Å². The van der Waals surface area contributed by atoms with Gasteiger partial charge >= 0.3 is 10.1 Å². The van der Waals surface area contributed by atoms with Crippen LogP contribution in [0.15, 0.2) is 12.1 Å². The second-order valence-electron chi connectivity index (χ2n) is 3.41. The highest BCUT2D eigenvalue weighted by atomic mass is 32.2. The lowest BCUT2D eigenvalue weighted by Crippen LogP contribution is -2.19. The van der Waals surface area contributed by atoms with E-state index in [1.807, 2.05) is 5.32 Å². The van der Waals surface area contributed by atoms with E-state index in [1.54, 1.807) is 0 Å². The highest BCUT2D eigenvalue weighted by Gasteiger charge is 2.32. The molecule has 2 rings (SSSR count). The first-order valence-corrected chi connectivity index (χ1v) is 6.22. The van der Waals surface area contributed by atoms with Crippen LogP contribution >= 0.6 is 0 Å². The van der Waals surface area contributed by atoms with Gasteiger partial charge in [0.25, 0.3) is 11.8 Å². The second kappa shape index (κ2) is 3.45. The van der Waals surface area contributed by atoms with Crippen molar-refractivity contribution in [3.8, 4) is 11.5 Å². The first kappa shape index (κ1) is 11.4. The molecule has 0 aromatic heterocycles. The number of carbonyl (C=O) groups is 2. The fourth-order valence-corrected chi connectivity index (χ4v) is 1.92. The zero-order valence-electron chi connectivity index (χ0n) is 8.55. The summed E-state index contributed by atoms with van der Waals surface area (Å²) in [6.07, 6.45) is 0.797. The summed E-state index contributed by atoms with van der Waals surface area (Å²) in [6, 6.07) is 2.31. The minimum absolute atomic E-state index is 0.0200. The Labute approximate surface area is 96.1 Å². The Hall–Kier alpha value is -2.09. The van der Waals surface area contributed by atoms with E-state index in [1.165, 1.54) is 6.07 Å². The summed E-state index contributed by atoms with van der Waals surface area (Å²) in [5.74, 6) is -2.50. The number of amides is 2. The molecule has 17 heavy (non-hydrogen) atoms. The summed E-state index contributed by atoms with van der Waals surface area (Å²) in [7, 11) is -3.82. The monoisotopic (exact) mass is 257 g/mol. The predicted octanol–water partition coefficient (Wildman–Crippen LogP) is -0.386. The van der Waals surface area contributed by atoms with Crippen molar-refractivity contribution in [1.29, 1.82) is 0 Å². The summed E-state index contributed by atoms with van der Waals surface area (Å²) >= 11 is 0. The van der Waals surface area contributed by atoms with Gasteiger partial charge in [-0.05, 0) is 12.1 Å². The average molecular weight is 257 g/mol. The Kier molecular flexibility index (Phi) is 2.32. The van der Waals surface area contributed by atoms with Crippen LogP contribution in [0.2, 0.25) is 0 Å². The standard InChI is InChI=1S/C9H7NO6S/c1-17(14,15)16-5-3-2-4-6(7(5)11)9(13)10-8(4)12/h2-3,11H,1H3,(H,10,12,13). The molecular weight excluding hydrogens is 250 g/mol. The summed E-state index contributed by atoms with van der Waals surface area (Å²) in [6.45, 7) is 0. The SMILES string of the molecule is CS(=O)(=O)Oc1ccc2c(c1O)C(=O)NC2=O. The van der Waals surface area contributed by atoms with Gasteiger partial charge in [-0.3, -0.25) is 14.9 Å². The fourth-order valence-electron chi connectivity index (χ4n) is 1.45. The zero-order chi connectivity index (χ0) is 12.8. The molecule has 0 spiro atoms. The molecule has 1 aromatic carbocycles. The van der Waals surface area contributed by atoms with Crippen molar-refractivity contribution in [1.82, 2.24) is 5.32 Å². The molecule has 1 aliphatic heterocycles. The first-order valence-electron chi connectivity index (χ1n) is 4.40. The van der Waals surface area contributed by atoms with Crippen LogP contribution in [0, 0.1) is 0 Å². The van der Waals surface area contributed by atoms with Crippen LogP contribution in [-0.4, -0.2) is 31.6 Å². The zero-order valence-corrected chi connectivity index (χ0v) is 9.37. The predicted molar refractivity (Wildman–Crippen MR) is 55.4 cm³/mol. The molecule has 1 aliphatic rings. The normalized spacial score (nSPS) is 14.4. The highest BCUT2D eigenvalue weighted by molar-refractivity contribution is 7.86. The van der Waals surface area contributed by atoms with Crippen molar-refractivity contribution in [2.45, 2.75) is 0 Å². The van der Waals surface area contributed by atoms with E-state index in [4.69, 9.17) is 0 Å². The van der Waals surface area contributed by atoms with Crippen LogP contribution < -0.4 is 9.50 Å². The van der Waals surface area contributed by atoms with Crippen LogP contribution in [0.5, 0.6) is 11.5 Å². The van der Waals surface area contributed by atoms with Crippen molar-refractivity contribution in [3.05, 3.63) is 23.3 Å². The number of carbonyl (C=O) groups excluding carboxylic acids is 2. The van der Waals surface area contributed by atoms with Crippen molar-refractivity contribution in [2.75, 3.05) is 6.26 Å². The van der Waals surface area contributed by atoms with Crippen LogP contribution in [-0.2, 0) is 10.1 Å². The maximum atomic E-state index is 11.3. The molecular formula is C9H7NO6S. The topological polar surface area (TPSA) is 110 Å². The number of phenols is 1. The molecule has 7 nitrogen and oxygen atoms in total. The lowest BCUT2D eigenvalue weighted by molar-refractivity contribution is 0.0879. The summed E-state index contributed by atoms with van der Waals surface area (Å²) < 4.78 is 26.3. The minimum atomic E-state index is -3.82. The van der Waals surface area contributed by atoms with Crippen molar-refractivity contribution in [3.63, 3.8) is 0 Å². The molecule has 0 unspecified atom stereocenters. The van der Waals surface area contributed by atoms with E-state index in [0.717, 1.165) is 12.3 Å². The number of benzene rings is 1. The first-order chi connectivity index (χ1) is 7.79. The molecule has 2 N–H and O–H groups in total. The summed E-state index contributed by atoms with van der Waals surface area (Å²) in [4.78, 5) is 22.5. The van der Waals surface area contributed by atoms with Gasteiger partial charge in [0.2, 0.25) is 0 Å². The van der Waals surface area contributed by atoms with E-state index in [0.29, 0.717) is 0 Å². The number of aromatic hydroxyl groups is 1. The van der Waals surface area contributed by atoms with Crippen molar-refractivity contribution < 1.29 is 27.3 Å². The van der Waals surface area contributed by atoms with E-state index in [9.17, 15) is 23.1 Å². The number of hydrogen-bond donors (Lipinski definition) is 2. The second-order valence-corrected chi connectivity index (χ2v) is 4.98. The number of fused-ring (bicyclic) bond motifs is 1. The van der Waals surface area contributed by atoms with E-state index < -0.39 is 33.4 Å². The molecule has 8 heteroatoms. The average Bonchev–Trinajstić information content (AvgIpc) is 2.45. The Balaban J connectivity index is 2.58. The highest BCUT2D eigenvalue weighted by Crippen LogP contribution is 2.35. The van der Waals surface area contributed by atoms with Crippen LogP contribution in [0.25, 0.3) is 0 Å². The third kappa shape index (κ3) is 1.94. The Morgan fingerprint density at radius 2 is 1.88 bits per heavy atom. The maximum absolute atomic E-state index is 11.3. The van der Waals surface area contributed by atoms with E-state index in [-0.39, 0.29) is 11.1 Å². The number of nitrogens with one attached hydrogen (secondary N) is 1. The third-order valence-electron chi connectivity index (χ3n) is 2.08. The largest absolute Gasteiger partial charge is 0.504 e. The molecule has 0 atom stereocenters. The van der Waals surface area contributed by atoms with Crippen LogP contribution in [0.1, 0.15) is 20.7 Å².